The average molecular weight is 522 g/mol. The minimum atomic E-state index is -0.670. The third-order valence-corrected chi connectivity index (χ3v) is 7.55. The summed E-state index contributed by atoms with van der Waals surface area (Å²) < 4.78 is 19.0. The Morgan fingerprint density at radius 2 is 1.86 bits per heavy atom. The number of fused-ring (bicyclic) bond motifs is 1. The van der Waals surface area contributed by atoms with Crippen LogP contribution in [0.2, 0.25) is 0 Å². The standard InChI is InChI=1S/C28H31N3O5S/c1-17(2)35-27(33)24-18(3)29-28-31(25(24)19-8-10-20(34-4)11-9-19)26(32)22(37-28)16-21-12-13-23(36-21)30-14-6-5-7-15-30/h8-13,16-17,25H,5-7,14-15H2,1-4H3/b22-16-/t25-/m1/s1. The molecule has 0 spiro atoms. The highest BCUT2D eigenvalue weighted by Gasteiger charge is 2.33. The minimum absolute atomic E-state index is 0.233. The third-order valence-electron chi connectivity index (χ3n) is 6.57. The van der Waals surface area contributed by atoms with E-state index in [2.05, 4.69) is 9.89 Å². The summed E-state index contributed by atoms with van der Waals surface area (Å²) in [4.78, 5) is 34.4. The Balaban J connectivity index is 1.60. The van der Waals surface area contributed by atoms with Crippen LogP contribution in [-0.4, -0.2) is 36.8 Å². The SMILES string of the molecule is COc1ccc([C@@H]2C(C(=O)OC(C)C)=C(C)N=c3s/c(=C\c4ccc(N5CCCCC5)o4)c(=O)n32)cc1. The Hall–Kier alpha value is -3.59. The first-order chi connectivity index (χ1) is 17.9. The maximum Gasteiger partial charge on any atom is 0.338 e. The van der Waals surface area contributed by atoms with E-state index in [1.54, 1.807) is 38.5 Å². The molecule has 8 nitrogen and oxygen atoms in total. The number of ether oxygens (including phenoxy) is 2. The van der Waals surface area contributed by atoms with Crippen molar-refractivity contribution in [3.63, 3.8) is 0 Å². The van der Waals surface area contributed by atoms with Gasteiger partial charge in [-0.25, -0.2) is 9.79 Å². The zero-order chi connectivity index (χ0) is 26.1. The van der Waals surface area contributed by atoms with E-state index in [0.717, 1.165) is 37.4 Å². The van der Waals surface area contributed by atoms with Crippen LogP contribution in [0.5, 0.6) is 5.75 Å². The summed E-state index contributed by atoms with van der Waals surface area (Å²) in [6.07, 6.45) is 5.00. The number of esters is 1. The van der Waals surface area contributed by atoms with E-state index in [-0.39, 0.29) is 11.7 Å². The highest BCUT2D eigenvalue weighted by molar-refractivity contribution is 7.07. The molecule has 5 rings (SSSR count). The number of anilines is 1. The van der Waals surface area contributed by atoms with Crippen LogP contribution in [0.15, 0.2) is 61.9 Å². The van der Waals surface area contributed by atoms with Crippen molar-refractivity contribution in [1.29, 1.82) is 0 Å². The van der Waals surface area contributed by atoms with Crippen LogP contribution in [0.25, 0.3) is 6.08 Å². The molecule has 0 N–H and O–H groups in total. The highest BCUT2D eigenvalue weighted by atomic mass is 32.1. The van der Waals surface area contributed by atoms with E-state index < -0.39 is 12.0 Å². The fourth-order valence-corrected chi connectivity index (χ4v) is 5.82. The zero-order valence-corrected chi connectivity index (χ0v) is 22.3. The smallest absolute Gasteiger partial charge is 0.338 e. The van der Waals surface area contributed by atoms with Gasteiger partial charge in [0.25, 0.3) is 5.56 Å². The second-order valence-corrected chi connectivity index (χ2v) is 10.5. The van der Waals surface area contributed by atoms with E-state index in [1.165, 1.54) is 17.8 Å². The van der Waals surface area contributed by atoms with E-state index >= 15 is 0 Å². The molecule has 0 radical (unpaired) electrons. The molecule has 4 heterocycles. The summed E-state index contributed by atoms with van der Waals surface area (Å²) in [6, 6.07) is 10.5. The molecule has 2 aliphatic heterocycles. The molecular formula is C28H31N3O5S. The summed E-state index contributed by atoms with van der Waals surface area (Å²) in [5.74, 6) is 1.64. The topological polar surface area (TPSA) is 86.3 Å². The van der Waals surface area contributed by atoms with Crippen LogP contribution in [0.1, 0.15) is 57.4 Å². The summed E-state index contributed by atoms with van der Waals surface area (Å²) in [5, 5.41) is 0. The molecule has 1 saturated heterocycles. The number of methoxy groups -OCH3 is 1. The lowest BCUT2D eigenvalue weighted by atomic mass is 9.96. The van der Waals surface area contributed by atoms with Crippen LogP contribution >= 0.6 is 11.3 Å². The molecule has 0 saturated carbocycles. The summed E-state index contributed by atoms with van der Waals surface area (Å²) in [6.45, 7) is 7.33. The first-order valence-corrected chi connectivity index (χ1v) is 13.4. The Morgan fingerprint density at radius 1 is 1.14 bits per heavy atom. The number of benzene rings is 1. The molecule has 194 valence electrons. The van der Waals surface area contributed by atoms with Gasteiger partial charge in [-0.05, 0) is 63.8 Å². The van der Waals surface area contributed by atoms with Crippen molar-refractivity contribution in [2.75, 3.05) is 25.1 Å². The summed E-state index contributed by atoms with van der Waals surface area (Å²) >= 11 is 1.28. The van der Waals surface area contributed by atoms with E-state index in [4.69, 9.17) is 13.9 Å². The van der Waals surface area contributed by atoms with Crippen LogP contribution in [0.3, 0.4) is 0 Å². The Bertz CT molecular complexity index is 1500. The molecule has 1 atom stereocenters. The summed E-state index contributed by atoms with van der Waals surface area (Å²) in [7, 11) is 1.60. The van der Waals surface area contributed by atoms with Gasteiger partial charge in [-0.3, -0.25) is 9.36 Å². The fraction of sp³-hybridized carbons (Fsp3) is 0.393. The lowest BCUT2D eigenvalue weighted by Crippen LogP contribution is -2.40. The maximum absolute atomic E-state index is 13.8. The van der Waals surface area contributed by atoms with Gasteiger partial charge in [0.1, 0.15) is 11.5 Å². The number of rotatable bonds is 6. The number of aromatic nitrogens is 1. The van der Waals surface area contributed by atoms with Gasteiger partial charge in [0.2, 0.25) is 0 Å². The Labute approximate surface area is 219 Å². The number of hydrogen-bond acceptors (Lipinski definition) is 8. The average Bonchev–Trinajstić information content (AvgIpc) is 3.48. The molecule has 37 heavy (non-hydrogen) atoms. The van der Waals surface area contributed by atoms with Gasteiger partial charge >= 0.3 is 5.97 Å². The Kier molecular flexibility index (Phi) is 7.06. The molecule has 2 aromatic heterocycles. The molecule has 0 unspecified atom stereocenters. The van der Waals surface area contributed by atoms with Gasteiger partial charge in [-0.15, -0.1) is 0 Å². The first-order valence-electron chi connectivity index (χ1n) is 12.6. The molecule has 1 aromatic carbocycles. The molecule has 0 bridgehead atoms. The van der Waals surface area contributed by atoms with Gasteiger partial charge < -0.3 is 18.8 Å². The van der Waals surface area contributed by atoms with Crippen molar-refractivity contribution in [1.82, 2.24) is 4.57 Å². The fourth-order valence-electron chi connectivity index (χ4n) is 4.80. The van der Waals surface area contributed by atoms with E-state index in [0.29, 0.717) is 32.1 Å². The predicted molar refractivity (Wildman–Crippen MR) is 143 cm³/mol. The first kappa shape index (κ1) is 25.1. The largest absolute Gasteiger partial charge is 0.497 e. The predicted octanol–water partition coefficient (Wildman–Crippen LogP) is 3.78. The second-order valence-electron chi connectivity index (χ2n) is 9.53. The van der Waals surface area contributed by atoms with Crippen molar-refractivity contribution in [3.05, 3.63) is 78.7 Å². The third kappa shape index (κ3) is 5.00. The van der Waals surface area contributed by atoms with Crippen LogP contribution in [0.4, 0.5) is 5.88 Å². The summed E-state index contributed by atoms with van der Waals surface area (Å²) in [5.41, 5.74) is 1.42. The number of carbonyl (C=O) groups excluding carboxylic acids is 1. The normalized spacial score (nSPS) is 18.1. The molecule has 1 fully saturated rings. The number of hydrogen-bond donors (Lipinski definition) is 0. The van der Waals surface area contributed by atoms with Gasteiger partial charge in [0.05, 0.1) is 35.1 Å². The van der Waals surface area contributed by atoms with Crippen molar-refractivity contribution in [2.24, 2.45) is 4.99 Å². The van der Waals surface area contributed by atoms with Crippen molar-refractivity contribution in [2.45, 2.75) is 52.2 Å². The van der Waals surface area contributed by atoms with Crippen molar-refractivity contribution >= 4 is 29.3 Å². The van der Waals surface area contributed by atoms with Crippen LogP contribution in [-0.2, 0) is 9.53 Å². The number of nitrogens with zero attached hydrogens (tertiary/aromatic N) is 3. The van der Waals surface area contributed by atoms with E-state index in [1.807, 2.05) is 36.4 Å². The van der Waals surface area contributed by atoms with E-state index in [9.17, 15) is 9.59 Å². The number of furan rings is 1. The lowest BCUT2D eigenvalue weighted by Gasteiger charge is -2.25. The number of thiazole rings is 1. The van der Waals surface area contributed by atoms with Crippen molar-refractivity contribution in [3.8, 4) is 5.75 Å². The quantitative estimate of drug-likeness (QED) is 0.459. The molecule has 3 aromatic rings. The molecule has 9 heteroatoms. The lowest BCUT2D eigenvalue weighted by molar-refractivity contribution is -0.143. The van der Waals surface area contributed by atoms with Crippen LogP contribution in [0, 0.1) is 0 Å². The molecule has 0 amide bonds. The molecule has 2 aliphatic rings. The van der Waals surface area contributed by atoms with Gasteiger partial charge in [0, 0.05) is 25.2 Å². The molecular weight excluding hydrogens is 490 g/mol. The van der Waals surface area contributed by atoms with Gasteiger partial charge in [-0.1, -0.05) is 23.5 Å². The number of carbonyl (C=O) groups is 1. The maximum atomic E-state index is 13.8. The van der Waals surface area contributed by atoms with Crippen LogP contribution < -0.4 is 24.5 Å². The van der Waals surface area contributed by atoms with Gasteiger partial charge in [-0.2, -0.15) is 0 Å². The van der Waals surface area contributed by atoms with Gasteiger partial charge in [0.15, 0.2) is 10.7 Å². The van der Waals surface area contributed by atoms with Crippen molar-refractivity contribution < 1.29 is 18.7 Å². The number of piperidine rings is 1. The Morgan fingerprint density at radius 3 is 2.54 bits per heavy atom. The molecule has 0 aliphatic carbocycles. The minimum Gasteiger partial charge on any atom is -0.497 e. The zero-order valence-electron chi connectivity index (χ0n) is 21.5. The number of allylic oxidation sites excluding steroid dienone is 1. The highest BCUT2D eigenvalue weighted by Crippen LogP contribution is 2.32. The second kappa shape index (κ2) is 10.4. The monoisotopic (exact) mass is 521 g/mol.